The Bertz CT molecular complexity index is 133. The lowest BCUT2D eigenvalue weighted by molar-refractivity contribution is -0.132. The van der Waals surface area contributed by atoms with E-state index in [9.17, 15) is 4.79 Å². The van der Waals surface area contributed by atoms with Crippen LogP contribution in [0.15, 0.2) is 10.6 Å². The predicted molar refractivity (Wildman–Crippen MR) is 31.9 cm³/mol. The number of hydrogen-bond acceptors (Lipinski definition) is 1. The summed E-state index contributed by atoms with van der Waals surface area (Å²) < 4.78 is 0. The molecule has 0 atom stereocenters. The topological polar surface area (TPSA) is 37.3 Å². The highest BCUT2D eigenvalue weighted by Crippen LogP contribution is 2.06. The second-order valence-corrected chi connectivity index (χ2v) is 2.03. The van der Waals surface area contributed by atoms with E-state index in [1.54, 1.807) is 6.92 Å². The maximum absolute atomic E-state index is 10.00. The summed E-state index contributed by atoms with van der Waals surface area (Å²) in [5.74, 6) is -0.961. The van der Waals surface area contributed by atoms with Crippen molar-refractivity contribution in [2.75, 3.05) is 0 Å². The van der Waals surface area contributed by atoms with Crippen LogP contribution in [0.4, 0.5) is 0 Å². The fourth-order valence-electron chi connectivity index (χ4n) is 0.147. The molecule has 0 amide bonds. The molecule has 0 unspecified atom stereocenters. The summed E-state index contributed by atoms with van der Waals surface area (Å²) in [4.78, 5) is 10.00. The molecule has 0 aliphatic heterocycles. The van der Waals surface area contributed by atoms with Gasteiger partial charge in [-0.1, -0.05) is 11.6 Å². The zero-order valence-corrected chi connectivity index (χ0v) is 5.49. The van der Waals surface area contributed by atoms with Crippen molar-refractivity contribution in [2.45, 2.75) is 13.8 Å². The summed E-state index contributed by atoms with van der Waals surface area (Å²) in [6, 6.07) is 0. The molecule has 0 aromatic rings. The van der Waals surface area contributed by atoms with Crippen LogP contribution < -0.4 is 0 Å². The number of carboxylic acid groups (broad SMARTS) is 1. The summed E-state index contributed by atoms with van der Waals surface area (Å²) >= 11 is 5.32. The average Bonchev–Trinajstić information content (AvgIpc) is 1.64. The van der Waals surface area contributed by atoms with Gasteiger partial charge in [-0.25, -0.2) is 4.79 Å². The van der Waals surface area contributed by atoms with Crippen LogP contribution in [0.25, 0.3) is 0 Å². The Kier molecular flexibility index (Phi) is 2.55. The number of hydrogen-bond donors (Lipinski definition) is 1. The molecule has 0 spiro atoms. The molecule has 3 heteroatoms. The van der Waals surface area contributed by atoms with E-state index >= 15 is 0 Å². The molecule has 0 aliphatic carbocycles. The molecule has 0 aromatic heterocycles. The molecule has 0 fully saturated rings. The van der Waals surface area contributed by atoms with Gasteiger partial charge >= 0.3 is 5.97 Å². The standard InChI is InChI=1S/C5H7ClO2/c1-3(4(2)6)5(7)8/h1-2H3,(H,7,8)/b4-3-. The van der Waals surface area contributed by atoms with Gasteiger partial charge in [0.2, 0.25) is 0 Å². The van der Waals surface area contributed by atoms with E-state index in [-0.39, 0.29) is 5.57 Å². The highest BCUT2D eigenvalue weighted by atomic mass is 35.5. The minimum absolute atomic E-state index is 0.201. The van der Waals surface area contributed by atoms with Crippen LogP contribution in [0.2, 0.25) is 0 Å². The third-order valence-electron chi connectivity index (χ3n) is 0.838. The van der Waals surface area contributed by atoms with Gasteiger partial charge in [-0.2, -0.15) is 0 Å². The zero-order chi connectivity index (χ0) is 6.73. The summed E-state index contributed by atoms with van der Waals surface area (Å²) in [6.07, 6.45) is 0. The zero-order valence-electron chi connectivity index (χ0n) is 4.73. The molecule has 0 bridgehead atoms. The van der Waals surface area contributed by atoms with Gasteiger partial charge in [-0.3, -0.25) is 0 Å². The van der Waals surface area contributed by atoms with E-state index in [1.165, 1.54) is 6.92 Å². The number of aliphatic carboxylic acids is 1. The quantitative estimate of drug-likeness (QED) is 0.553. The third-order valence-corrected chi connectivity index (χ3v) is 1.12. The lowest BCUT2D eigenvalue weighted by Gasteiger charge is -1.90. The second-order valence-electron chi connectivity index (χ2n) is 1.46. The Morgan fingerprint density at radius 1 is 1.50 bits per heavy atom. The molecule has 46 valence electrons. The first-order valence-corrected chi connectivity index (χ1v) is 2.49. The van der Waals surface area contributed by atoms with Crippen LogP contribution in [0.5, 0.6) is 0 Å². The van der Waals surface area contributed by atoms with E-state index < -0.39 is 5.97 Å². The molecular formula is C5H7ClO2. The fraction of sp³-hybridized carbons (Fsp3) is 0.400. The van der Waals surface area contributed by atoms with Crippen LogP contribution >= 0.6 is 11.6 Å². The lowest BCUT2D eigenvalue weighted by atomic mass is 10.3. The first-order chi connectivity index (χ1) is 3.55. The van der Waals surface area contributed by atoms with E-state index in [1.807, 2.05) is 0 Å². The van der Waals surface area contributed by atoms with Crippen molar-refractivity contribution in [3.8, 4) is 0 Å². The summed E-state index contributed by atoms with van der Waals surface area (Å²) in [7, 11) is 0. The van der Waals surface area contributed by atoms with Crippen molar-refractivity contribution < 1.29 is 9.90 Å². The summed E-state index contributed by atoms with van der Waals surface area (Å²) in [5.41, 5.74) is 0.201. The molecule has 0 rings (SSSR count). The van der Waals surface area contributed by atoms with Gasteiger partial charge in [-0.15, -0.1) is 0 Å². The highest BCUT2D eigenvalue weighted by Gasteiger charge is 2.00. The van der Waals surface area contributed by atoms with Gasteiger partial charge in [0.05, 0.1) is 0 Å². The first-order valence-electron chi connectivity index (χ1n) is 2.12. The number of rotatable bonds is 1. The van der Waals surface area contributed by atoms with E-state index in [4.69, 9.17) is 16.7 Å². The Morgan fingerprint density at radius 3 is 1.88 bits per heavy atom. The van der Waals surface area contributed by atoms with Gasteiger partial charge in [0.25, 0.3) is 0 Å². The normalized spacial score (nSPS) is 12.9. The van der Waals surface area contributed by atoms with Gasteiger partial charge in [0.15, 0.2) is 0 Å². The Labute approximate surface area is 52.8 Å². The SMILES string of the molecule is C/C(Cl)=C(\C)C(=O)O. The Hall–Kier alpha value is -0.500. The molecule has 0 saturated carbocycles. The molecule has 1 N–H and O–H groups in total. The van der Waals surface area contributed by atoms with Crippen LogP contribution in [0.1, 0.15) is 13.8 Å². The minimum atomic E-state index is -0.961. The first kappa shape index (κ1) is 7.50. The Balaban J connectivity index is 4.23. The molecule has 0 radical (unpaired) electrons. The largest absolute Gasteiger partial charge is 0.478 e. The molecule has 0 aliphatic rings. The summed E-state index contributed by atoms with van der Waals surface area (Å²) in [5, 5.41) is 8.54. The van der Waals surface area contributed by atoms with Crippen LogP contribution in [0.3, 0.4) is 0 Å². The van der Waals surface area contributed by atoms with Crippen LogP contribution in [-0.4, -0.2) is 11.1 Å². The van der Waals surface area contributed by atoms with Crippen LogP contribution in [0, 0.1) is 0 Å². The molecule has 0 saturated heterocycles. The second kappa shape index (κ2) is 2.72. The van der Waals surface area contributed by atoms with Crippen molar-refractivity contribution in [1.29, 1.82) is 0 Å². The summed E-state index contributed by atoms with van der Waals surface area (Å²) in [6.45, 7) is 3.01. The maximum Gasteiger partial charge on any atom is 0.332 e. The molecule has 0 aromatic carbocycles. The smallest absolute Gasteiger partial charge is 0.332 e. The maximum atomic E-state index is 10.00. The monoisotopic (exact) mass is 134 g/mol. The Morgan fingerprint density at radius 2 is 1.88 bits per heavy atom. The highest BCUT2D eigenvalue weighted by molar-refractivity contribution is 6.31. The minimum Gasteiger partial charge on any atom is -0.478 e. The van der Waals surface area contributed by atoms with Crippen molar-refractivity contribution in [3.63, 3.8) is 0 Å². The number of halogens is 1. The van der Waals surface area contributed by atoms with Crippen LogP contribution in [-0.2, 0) is 4.79 Å². The number of allylic oxidation sites excluding steroid dienone is 1. The van der Waals surface area contributed by atoms with E-state index in [2.05, 4.69) is 0 Å². The lowest BCUT2D eigenvalue weighted by Crippen LogP contribution is -1.96. The van der Waals surface area contributed by atoms with E-state index in [0.29, 0.717) is 5.03 Å². The van der Waals surface area contributed by atoms with E-state index in [0.717, 1.165) is 0 Å². The van der Waals surface area contributed by atoms with Gasteiger partial charge < -0.3 is 5.11 Å². The van der Waals surface area contributed by atoms with Crippen molar-refractivity contribution in [2.24, 2.45) is 0 Å². The predicted octanol–water partition coefficient (Wildman–Crippen LogP) is 1.60. The van der Waals surface area contributed by atoms with Gasteiger partial charge in [0.1, 0.15) is 0 Å². The number of carbonyl (C=O) groups is 1. The molecule has 0 heterocycles. The average molecular weight is 135 g/mol. The van der Waals surface area contributed by atoms with Gasteiger partial charge in [0, 0.05) is 10.6 Å². The molecule has 8 heavy (non-hydrogen) atoms. The van der Waals surface area contributed by atoms with Crippen molar-refractivity contribution >= 4 is 17.6 Å². The fourth-order valence-corrected chi connectivity index (χ4v) is 0.228. The van der Waals surface area contributed by atoms with Crippen molar-refractivity contribution in [1.82, 2.24) is 0 Å². The van der Waals surface area contributed by atoms with Gasteiger partial charge in [-0.05, 0) is 13.8 Å². The molecular weight excluding hydrogens is 128 g/mol. The van der Waals surface area contributed by atoms with Crippen molar-refractivity contribution in [3.05, 3.63) is 10.6 Å². The molecule has 2 nitrogen and oxygen atoms in total. The number of carboxylic acids is 1. The third kappa shape index (κ3) is 1.98.